The van der Waals surface area contributed by atoms with E-state index in [0.29, 0.717) is 0 Å². The van der Waals surface area contributed by atoms with Crippen molar-refractivity contribution in [3.63, 3.8) is 0 Å². The predicted octanol–water partition coefficient (Wildman–Crippen LogP) is -2.81. The van der Waals surface area contributed by atoms with Crippen molar-refractivity contribution < 1.29 is 82.6 Å². The number of rotatable bonds is 0. The average Bonchev–Trinajstić information content (AvgIpc) is 1.85. The Labute approximate surface area is 224 Å². The molecule has 0 bridgehead atoms. The SMILES string of the molecule is O=C(O)O.O=C(O)O.O=S(=O)(O)O.O=S(=O)(O)O.O=S(=O)(O)O.[KH].[KH]. The van der Waals surface area contributed by atoms with Crippen LogP contribution in [-0.4, -0.2) is 188 Å². The summed E-state index contributed by atoms with van der Waals surface area (Å²) in [7, 11) is -14.0. The molecular formula is C2H12K2O18S3. The van der Waals surface area contributed by atoms with Crippen LogP contribution in [0, 0.1) is 0 Å². The van der Waals surface area contributed by atoms with Crippen LogP contribution in [0.5, 0.6) is 0 Å². The monoisotopic (exact) mass is 498 g/mol. The molecule has 10 N–H and O–H groups in total. The van der Waals surface area contributed by atoms with Crippen LogP contribution in [0.1, 0.15) is 0 Å². The molecule has 0 aliphatic heterocycles. The summed E-state index contributed by atoms with van der Waals surface area (Å²) in [6.45, 7) is 0. The Bertz CT molecular complexity index is 496. The Morgan fingerprint density at radius 3 is 0.440 bits per heavy atom. The second kappa shape index (κ2) is 23.5. The van der Waals surface area contributed by atoms with Crippen molar-refractivity contribution in [2.24, 2.45) is 0 Å². The molecule has 0 aromatic carbocycles. The normalized spacial score (nSPS) is 8.88. The van der Waals surface area contributed by atoms with E-state index in [0.717, 1.165) is 0 Å². The van der Waals surface area contributed by atoms with Crippen LogP contribution in [0.15, 0.2) is 0 Å². The molecule has 0 fully saturated rings. The molecule has 0 aromatic rings. The molecule has 0 atom stereocenters. The van der Waals surface area contributed by atoms with Crippen LogP contribution in [-0.2, 0) is 31.2 Å². The van der Waals surface area contributed by atoms with Crippen molar-refractivity contribution in [2.75, 3.05) is 0 Å². The fourth-order valence-corrected chi connectivity index (χ4v) is 0. The van der Waals surface area contributed by atoms with Crippen LogP contribution >= 0.6 is 0 Å². The van der Waals surface area contributed by atoms with Gasteiger partial charge >= 0.3 is 146 Å². The molecule has 0 spiro atoms. The van der Waals surface area contributed by atoms with Crippen molar-refractivity contribution in [1.82, 2.24) is 0 Å². The summed E-state index contributed by atoms with van der Waals surface area (Å²) in [5.74, 6) is 0. The zero-order chi connectivity index (χ0) is 20.7. The number of carbonyl (C=O) groups is 2. The Morgan fingerprint density at radius 2 is 0.440 bits per heavy atom. The molecule has 0 aromatic heterocycles. The van der Waals surface area contributed by atoms with Crippen LogP contribution < -0.4 is 0 Å². The van der Waals surface area contributed by atoms with Gasteiger partial charge in [-0.1, -0.05) is 0 Å². The topological polar surface area (TPSA) is 339 Å². The van der Waals surface area contributed by atoms with Gasteiger partial charge in [-0.25, -0.2) is 9.59 Å². The van der Waals surface area contributed by atoms with Gasteiger partial charge in [-0.2, -0.15) is 25.3 Å². The molecule has 0 aliphatic rings. The standard InChI is InChI=1S/2CH2O3.2K.3H2O4S.2H/c2*2-1(3)4;;;3*1-5(2,3)4;;/h2*(H2,2,3,4);;;3*(H2,1,2,3,4);;. The fourth-order valence-electron chi connectivity index (χ4n) is 0. The van der Waals surface area contributed by atoms with E-state index in [2.05, 4.69) is 0 Å². The summed E-state index contributed by atoms with van der Waals surface area (Å²) in [6.07, 6.45) is -3.67. The predicted molar refractivity (Wildman–Crippen MR) is 78.1 cm³/mol. The summed E-state index contributed by atoms with van der Waals surface area (Å²) in [4.78, 5) is 17.1. The Balaban J connectivity index is -0.0000000319. The van der Waals surface area contributed by atoms with Crippen LogP contribution in [0.2, 0.25) is 0 Å². The van der Waals surface area contributed by atoms with E-state index in [1.165, 1.54) is 0 Å². The van der Waals surface area contributed by atoms with Gasteiger partial charge in [0, 0.05) is 0 Å². The molecule has 0 heterocycles. The summed E-state index contributed by atoms with van der Waals surface area (Å²) < 4.78 is 94.8. The van der Waals surface area contributed by atoms with Crippen molar-refractivity contribution in [3.05, 3.63) is 0 Å². The maximum atomic E-state index is 8.74. The minimum atomic E-state index is -4.67. The van der Waals surface area contributed by atoms with Crippen molar-refractivity contribution in [3.8, 4) is 0 Å². The third-order valence-corrected chi connectivity index (χ3v) is 0. The van der Waals surface area contributed by atoms with Gasteiger partial charge in [0.2, 0.25) is 0 Å². The van der Waals surface area contributed by atoms with Crippen molar-refractivity contribution in [1.29, 1.82) is 0 Å². The molecule has 25 heavy (non-hydrogen) atoms. The van der Waals surface area contributed by atoms with Gasteiger partial charge in [0.05, 0.1) is 0 Å². The Morgan fingerprint density at radius 1 is 0.440 bits per heavy atom. The summed E-state index contributed by atoms with van der Waals surface area (Å²) in [5, 5.41) is 27.9. The molecule has 0 aliphatic carbocycles. The zero-order valence-electron chi connectivity index (χ0n) is 9.96. The average molecular weight is 498 g/mol. The molecule has 0 saturated heterocycles. The van der Waals surface area contributed by atoms with Gasteiger partial charge in [-0.15, -0.1) is 0 Å². The van der Waals surface area contributed by atoms with Gasteiger partial charge in [0.15, 0.2) is 0 Å². The first kappa shape index (κ1) is 45.3. The van der Waals surface area contributed by atoms with Crippen LogP contribution in [0.4, 0.5) is 9.59 Å². The number of hydrogen-bond donors (Lipinski definition) is 10. The zero-order valence-corrected chi connectivity index (χ0v) is 12.4. The van der Waals surface area contributed by atoms with Gasteiger partial charge < -0.3 is 20.4 Å². The van der Waals surface area contributed by atoms with Crippen LogP contribution in [0.25, 0.3) is 0 Å². The molecule has 0 radical (unpaired) electrons. The van der Waals surface area contributed by atoms with E-state index in [1.54, 1.807) is 0 Å². The Kier molecular flexibility index (Phi) is 42.5. The van der Waals surface area contributed by atoms with Gasteiger partial charge in [-0.3, -0.25) is 27.3 Å². The first-order valence-corrected chi connectivity index (χ1v) is 7.59. The van der Waals surface area contributed by atoms with Crippen LogP contribution in [0.3, 0.4) is 0 Å². The van der Waals surface area contributed by atoms with Gasteiger partial charge in [0.1, 0.15) is 0 Å². The van der Waals surface area contributed by atoms with Crippen molar-refractivity contribution in [2.45, 2.75) is 0 Å². The minimum absolute atomic E-state index is 0. The van der Waals surface area contributed by atoms with Gasteiger partial charge in [-0.05, 0) is 0 Å². The first-order valence-electron chi connectivity index (χ1n) is 3.40. The van der Waals surface area contributed by atoms with E-state index in [-0.39, 0.29) is 103 Å². The van der Waals surface area contributed by atoms with E-state index in [1.807, 2.05) is 0 Å². The molecule has 0 rings (SSSR count). The molecule has 148 valence electrons. The van der Waals surface area contributed by atoms with Gasteiger partial charge in [0.25, 0.3) is 0 Å². The summed E-state index contributed by atoms with van der Waals surface area (Å²) in [5.41, 5.74) is 0. The molecule has 23 heteroatoms. The summed E-state index contributed by atoms with van der Waals surface area (Å²) >= 11 is 0. The molecule has 0 unspecified atom stereocenters. The molecular weight excluding hydrogens is 486 g/mol. The second-order valence-corrected chi connectivity index (χ2v) is 4.60. The third kappa shape index (κ3) is 6890. The maximum absolute atomic E-state index is 8.74. The van der Waals surface area contributed by atoms with Crippen molar-refractivity contribution >= 4 is 146 Å². The molecule has 0 saturated carbocycles. The number of hydrogen-bond acceptors (Lipinski definition) is 8. The van der Waals surface area contributed by atoms with E-state index in [4.69, 9.17) is 82.6 Å². The summed E-state index contributed by atoms with van der Waals surface area (Å²) in [6, 6.07) is 0. The molecule has 18 nitrogen and oxygen atoms in total. The van der Waals surface area contributed by atoms with E-state index < -0.39 is 43.5 Å². The quantitative estimate of drug-likeness (QED) is 0.119. The fraction of sp³-hybridized carbons (Fsp3) is 0. The first-order chi connectivity index (χ1) is 9.46. The molecule has 0 amide bonds. The number of carboxylic acid groups (broad SMARTS) is 4. The second-order valence-electron chi connectivity index (χ2n) is 1.91. The third-order valence-electron chi connectivity index (χ3n) is 0. The Hall–Kier alpha value is 1.42. The van der Waals surface area contributed by atoms with E-state index in [9.17, 15) is 0 Å². The van der Waals surface area contributed by atoms with E-state index >= 15 is 0 Å².